The van der Waals surface area contributed by atoms with Gasteiger partial charge in [0.15, 0.2) is 0 Å². The molecule has 0 bridgehead atoms. The molecule has 0 aliphatic heterocycles. The van der Waals surface area contributed by atoms with Crippen LogP contribution in [-0.4, -0.2) is 34.4 Å². The lowest BCUT2D eigenvalue weighted by molar-refractivity contribution is -0.143. The molecule has 0 aromatic heterocycles. The fourth-order valence-corrected chi connectivity index (χ4v) is 2.07. The first-order valence-electron chi connectivity index (χ1n) is 5.91. The van der Waals surface area contributed by atoms with Crippen LogP contribution in [-0.2, 0) is 15.3 Å². The smallest absolute Gasteiger partial charge is 0.303 e. The topological polar surface area (TPSA) is 101 Å². The molecule has 0 unspecified atom stereocenters. The summed E-state index contributed by atoms with van der Waals surface area (Å²) in [4.78, 5) is 19.3. The molecule has 0 amide bonds. The molecule has 0 atom stereocenters. The Morgan fingerprint density at radius 1 is 1.10 bits per heavy atom. The van der Waals surface area contributed by atoms with E-state index in [0.717, 1.165) is 22.5 Å². The highest BCUT2D eigenvalue weighted by Gasteiger charge is 2.00. The van der Waals surface area contributed by atoms with Crippen molar-refractivity contribution >= 4 is 39.6 Å². The number of carboxylic acid groups (broad SMARTS) is 2. The first kappa shape index (κ1) is 18.9. The van der Waals surface area contributed by atoms with Gasteiger partial charge in [-0.2, -0.15) is 11.8 Å². The van der Waals surface area contributed by atoms with Crippen molar-refractivity contribution in [1.82, 2.24) is 0 Å². The third-order valence-electron chi connectivity index (χ3n) is 2.00. The first-order valence-corrected chi connectivity index (χ1v) is 7.86. The molecule has 0 aliphatic rings. The van der Waals surface area contributed by atoms with Gasteiger partial charge >= 0.3 is 11.9 Å². The fourth-order valence-electron chi connectivity index (χ4n) is 1.07. The van der Waals surface area contributed by atoms with Crippen LogP contribution in [0.15, 0.2) is 28.7 Å². The predicted molar refractivity (Wildman–Crippen MR) is 83.9 cm³/mol. The Kier molecular flexibility index (Phi) is 11.1. The largest absolute Gasteiger partial charge is 0.481 e. The average Bonchev–Trinajstić information content (AvgIpc) is 2.40. The number of hydrogen-bond donors (Lipinski definition) is 3. The van der Waals surface area contributed by atoms with Crippen LogP contribution >= 0.6 is 27.7 Å². The van der Waals surface area contributed by atoms with Crippen LogP contribution in [0.4, 0.5) is 0 Å². The average molecular weight is 364 g/mol. The molecular weight excluding hydrogens is 346 g/mol. The van der Waals surface area contributed by atoms with Crippen molar-refractivity contribution in [2.75, 3.05) is 12.3 Å². The summed E-state index contributed by atoms with van der Waals surface area (Å²) >= 11 is 5.27. The van der Waals surface area contributed by atoms with Gasteiger partial charge in [0.25, 0.3) is 0 Å². The quantitative estimate of drug-likeness (QED) is 0.643. The molecule has 1 aromatic carbocycles. The number of hydrogen-bond acceptors (Lipinski definition) is 4. The van der Waals surface area contributed by atoms with Gasteiger partial charge in [-0.3, -0.25) is 9.59 Å². The Labute approximate surface area is 130 Å². The summed E-state index contributed by atoms with van der Waals surface area (Å²) in [6, 6.07) is 8.40. The van der Waals surface area contributed by atoms with Crippen molar-refractivity contribution in [3.05, 3.63) is 34.3 Å². The van der Waals surface area contributed by atoms with Crippen molar-refractivity contribution in [2.24, 2.45) is 5.73 Å². The summed E-state index contributed by atoms with van der Waals surface area (Å²) in [5, 5.41) is 15.8. The minimum Gasteiger partial charge on any atom is -0.481 e. The van der Waals surface area contributed by atoms with Gasteiger partial charge in [0.2, 0.25) is 0 Å². The zero-order valence-electron chi connectivity index (χ0n) is 10.9. The van der Waals surface area contributed by atoms with Crippen LogP contribution in [0.2, 0.25) is 0 Å². The first-order chi connectivity index (χ1) is 9.45. The monoisotopic (exact) mass is 363 g/mol. The van der Waals surface area contributed by atoms with Crippen molar-refractivity contribution in [3.63, 3.8) is 0 Å². The molecule has 5 nitrogen and oxygen atoms in total. The van der Waals surface area contributed by atoms with E-state index >= 15 is 0 Å². The summed E-state index contributed by atoms with van der Waals surface area (Å²) in [6.07, 6.45) is -0.593. The molecule has 0 spiro atoms. The Balaban J connectivity index is 0.000000396. The zero-order valence-corrected chi connectivity index (χ0v) is 13.3. The van der Waals surface area contributed by atoms with Gasteiger partial charge in [-0.05, 0) is 17.7 Å². The van der Waals surface area contributed by atoms with Gasteiger partial charge in [0.05, 0.1) is 12.8 Å². The minimum absolute atomic E-state index is 0.296. The lowest BCUT2D eigenvalue weighted by atomic mass is 10.2. The second kappa shape index (κ2) is 11.7. The second-order valence-electron chi connectivity index (χ2n) is 3.76. The molecule has 7 heteroatoms. The van der Waals surface area contributed by atoms with Crippen molar-refractivity contribution in [3.8, 4) is 0 Å². The number of aliphatic carboxylic acids is 2. The van der Waals surface area contributed by atoms with Crippen LogP contribution < -0.4 is 5.73 Å². The van der Waals surface area contributed by atoms with Gasteiger partial charge in [-0.25, -0.2) is 0 Å². The maximum absolute atomic E-state index is 9.64. The zero-order chi connectivity index (χ0) is 15.4. The van der Waals surface area contributed by atoms with Gasteiger partial charge in [0.1, 0.15) is 0 Å². The lowest BCUT2D eigenvalue weighted by Crippen LogP contribution is -2.01. The number of halogens is 1. The van der Waals surface area contributed by atoms with Gasteiger partial charge in [-0.15, -0.1) is 0 Å². The van der Waals surface area contributed by atoms with Gasteiger partial charge < -0.3 is 15.9 Å². The molecule has 1 aromatic rings. The highest BCUT2D eigenvalue weighted by Crippen LogP contribution is 2.15. The molecule has 112 valence electrons. The second-order valence-corrected chi connectivity index (χ2v) is 5.78. The third-order valence-corrected chi connectivity index (χ3v) is 3.59. The number of nitrogens with two attached hydrogens (primary N) is 1. The molecule has 20 heavy (non-hydrogen) atoms. The van der Waals surface area contributed by atoms with E-state index in [1.165, 1.54) is 5.56 Å². The van der Waals surface area contributed by atoms with E-state index in [0.29, 0.717) is 0 Å². The van der Waals surface area contributed by atoms with Crippen LogP contribution in [0.5, 0.6) is 0 Å². The van der Waals surface area contributed by atoms with E-state index in [1.54, 1.807) is 0 Å². The summed E-state index contributed by atoms with van der Waals surface area (Å²) in [6.45, 7) is 0.765. The van der Waals surface area contributed by atoms with Crippen molar-refractivity contribution < 1.29 is 19.8 Å². The summed E-state index contributed by atoms with van der Waals surface area (Å²) < 4.78 is 1.13. The SMILES string of the molecule is NCCSCc1ccc(Br)cc1.O=C(O)CCC(=O)O. The minimum atomic E-state index is -1.08. The Morgan fingerprint density at radius 3 is 2.00 bits per heavy atom. The Morgan fingerprint density at radius 2 is 1.60 bits per heavy atom. The predicted octanol–water partition coefficient (Wildman–Crippen LogP) is 2.58. The van der Waals surface area contributed by atoms with Crippen LogP contribution in [0, 0.1) is 0 Å². The third kappa shape index (κ3) is 12.0. The fraction of sp³-hybridized carbons (Fsp3) is 0.385. The van der Waals surface area contributed by atoms with Crippen molar-refractivity contribution in [2.45, 2.75) is 18.6 Å². The highest BCUT2D eigenvalue weighted by atomic mass is 79.9. The Hall–Kier alpha value is -1.05. The maximum Gasteiger partial charge on any atom is 0.303 e. The highest BCUT2D eigenvalue weighted by molar-refractivity contribution is 9.10. The lowest BCUT2D eigenvalue weighted by Gasteiger charge is -1.99. The summed E-state index contributed by atoms with van der Waals surface area (Å²) in [5.41, 5.74) is 6.75. The van der Waals surface area contributed by atoms with E-state index < -0.39 is 11.9 Å². The number of carbonyl (C=O) groups is 2. The van der Waals surface area contributed by atoms with E-state index in [1.807, 2.05) is 11.8 Å². The van der Waals surface area contributed by atoms with E-state index in [4.69, 9.17) is 15.9 Å². The molecular formula is C13H18BrNO4S. The molecule has 1 rings (SSSR count). The molecule has 0 saturated carbocycles. The molecule has 0 fully saturated rings. The van der Waals surface area contributed by atoms with E-state index in [9.17, 15) is 9.59 Å². The number of carboxylic acids is 2. The van der Waals surface area contributed by atoms with E-state index in [2.05, 4.69) is 40.2 Å². The Bertz CT molecular complexity index is 397. The summed E-state index contributed by atoms with van der Waals surface area (Å²) in [7, 11) is 0. The van der Waals surface area contributed by atoms with Crippen LogP contribution in [0.1, 0.15) is 18.4 Å². The molecule has 0 radical (unpaired) electrons. The normalized spacial score (nSPS) is 9.50. The molecule has 4 N–H and O–H groups in total. The number of thioether (sulfide) groups is 1. The summed E-state index contributed by atoms with van der Waals surface area (Å²) in [5.74, 6) is -0.0552. The van der Waals surface area contributed by atoms with Crippen LogP contribution in [0.3, 0.4) is 0 Å². The number of benzene rings is 1. The van der Waals surface area contributed by atoms with Gasteiger partial charge in [0, 0.05) is 22.5 Å². The molecule has 0 aliphatic carbocycles. The number of rotatable bonds is 7. The molecule has 0 saturated heterocycles. The maximum atomic E-state index is 9.64. The standard InChI is InChI=1S/C9H12BrNS.C4H6O4/c10-9-3-1-8(2-4-9)7-12-6-5-11;5-3(6)1-2-4(7)8/h1-4H,5-7,11H2;1-2H2,(H,5,6)(H,7,8). The van der Waals surface area contributed by atoms with Crippen molar-refractivity contribution in [1.29, 1.82) is 0 Å². The van der Waals surface area contributed by atoms with Gasteiger partial charge in [-0.1, -0.05) is 28.1 Å². The van der Waals surface area contributed by atoms with Crippen LogP contribution in [0.25, 0.3) is 0 Å². The molecule has 0 heterocycles. The van der Waals surface area contributed by atoms with E-state index in [-0.39, 0.29) is 12.8 Å².